The molecule has 0 bridgehead atoms. The van der Waals surface area contributed by atoms with E-state index < -0.39 is 0 Å². The summed E-state index contributed by atoms with van der Waals surface area (Å²) in [7, 11) is 2.01. The van der Waals surface area contributed by atoms with Gasteiger partial charge in [-0.25, -0.2) is 0 Å². The van der Waals surface area contributed by atoms with Gasteiger partial charge in [-0.15, -0.1) is 10.2 Å². The number of nitrogens with one attached hydrogen (secondary N) is 1. The van der Waals surface area contributed by atoms with E-state index in [0.29, 0.717) is 6.04 Å². The van der Waals surface area contributed by atoms with Gasteiger partial charge in [0, 0.05) is 32.6 Å². The SMILES string of the molecule is CCNC1CCCN(CCc2nncn2C)C1. The number of aromatic nitrogens is 3. The van der Waals surface area contributed by atoms with Gasteiger partial charge in [0.2, 0.25) is 0 Å². The number of likely N-dealkylation sites (tertiary alicyclic amines) is 1. The number of piperidine rings is 1. The third-order valence-electron chi connectivity index (χ3n) is 3.46. The van der Waals surface area contributed by atoms with Crippen molar-refractivity contribution in [3.63, 3.8) is 0 Å². The maximum atomic E-state index is 4.13. The Balaban J connectivity index is 1.77. The zero-order valence-corrected chi connectivity index (χ0v) is 10.9. The van der Waals surface area contributed by atoms with Gasteiger partial charge in [-0.05, 0) is 25.9 Å². The predicted molar refractivity (Wildman–Crippen MR) is 67.8 cm³/mol. The summed E-state index contributed by atoms with van der Waals surface area (Å²) < 4.78 is 2.01. The predicted octanol–water partition coefficient (Wildman–Crippen LogP) is 0.431. The van der Waals surface area contributed by atoms with Gasteiger partial charge in [-0.2, -0.15) is 0 Å². The Hall–Kier alpha value is -0.940. The molecule has 1 saturated heterocycles. The summed E-state index contributed by atoms with van der Waals surface area (Å²) in [5.41, 5.74) is 0. The zero-order chi connectivity index (χ0) is 12.1. The van der Waals surface area contributed by atoms with E-state index in [0.717, 1.165) is 25.3 Å². The average molecular weight is 237 g/mol. The summed E-state index contributed by atoms with van der Waals surface area (Å²) in [5.74, 6) is 1.08. The Morgan fingerprint density at radius 3 is 3.12 bits per heavy atom. The second-order valence-corrected chi connectivity index (χ2v) is 4.81. The number of aryl methyl sites for hydroxylation is 1. The molecule has 1 aromatic rings. The highest BCUT2D eigenvalue weighted by molar-refractivity contribution is 4.87. The van der Waals surface area contributed by atoms with Gasteiger partial charge in [-0.3, -0.25) is 0 Å². The van der Waals surface area contributed by atoms with Crippen molar-refractivity contribution in [1.82, 2.24) is 25.0 Å². The van der Waals surface area contributed by atoms with Crippen LogP contribution in [0.15, 0.2) is 6.33 Å². The van der Waals surface area contributed by atoms with E-state index in [1.807, 2.05) is 11.6 Å². The Morgan fingerprint density at radius 1 is 1.53 bits per heavy atom. The summed E-state index contributed by atoms with van der Waals surface area (Å²) in [4.78, 5) is 2.53. The van der Waals surface area contributed by atoms with Gasteiger partial charge in [0.15, 0.2) is 0 Å². The Labute approximate surface area is 103 Å². The van der Waals surface area contributed by atoms with Crippen LogP contribution >= 0.6 is 0 Å². The minimum absolute atomic E-state index is 0.674. The van der Waals surface area contributed by atoms with Crippen molar-refractivity contribution in [1.29, 1.82) is 0 Å². The van der Waals surface area contributed by atoms with Gasteiger partial charge in [-0.1, -0.05) is 6.92 Å². The Bertz CT molecular complexity index is 333. The molecule has 5 nitrogen and oxygen atoms in total. The molecule has 5 heteroatoms. The second-order valence-electron chi connectivity index (χ2n) is 4.81. The highest BCUT2D eigenvalue weighted by Crippen LogP contribution is 2.10. The number of likely N-dealkylation sites (N-methyl/N-ethyl adjacent to an activating group) is 1. The average Bonchev–Trinajstić information content (AvgIpc) is 2.73. The van der Waals surface area contributed by atoms with Crippen molar-refractivity contribution < 1.29 is 0 Å². The molecule has 1 unspecified atom stereocenters. The molecule has 1 N–H and O–H groups in total. The van der Waals surface area contributed by atoms with E-state index >= 15 is 0 Å². The minimum Gasteiger partial charge on any atom is -0.321 e. The fourth-order valence-electron chi connectivity index (χ4n) is 2.51. The van der Waals surface area contributed by atoms with Crippen molar-refractivity contribution in [2.45, 2.75) is 32.2 Å². The zero-order valence-electron chi connectivity index (χ0n) is 10.9. The van der Waals surface area contributed by atoms with E-state index in [-0.39, 0.29) is 0 Å². The molecular formula is C12H23N5. The maximum Gasteiger partial charge on any atom is 0.133 e. The molecule has 0 radical (unpaired) electrons. The Morgan fingerprint density at radius 2 is 2.41 bits per heavy atom. The van der Waals surface area contributed by atoms with Crippen molar-refractivity contribution in [2.75, 3.05) is 26.2 Å². The summed E-state index contributed by atoms with van der Waals surface area (Å²) >= 11 is 0. The van der Waals surface area contributed by atoms with Crippen LogP contribution in [0.3, 0.4) is 0 Å². The molecule has 2 heterocycles. The molecule has 0 saturated carbocycles. The van der Waals surface area contributed by atoms with Crippen molar-refractivity contribution >= 4 is 0 Å². The highest BCUT2D eigenvalue weighted by Gasteiger charge is 2.18. The minimum atomic E-state index is 0.674. The first-order valence-corrected chi connectivity index (χ1v) is 6.58. The molecule has 0 amide bonds. The van der Waals surface area contributed by atoms with E-state index in [2.05, 4.69) is 27.3 Å². The second kappa shape index (κ2) is 6.12. The number of hydrogen-bond acceptors (Lipinski definition) is 4. The summed E-state index contributed by atoms with van der Waals surface area (Å²) in [5, 5.41) is 11.6. The molecule has 1 atom stereocenters. The van der Waals surface area contributed by atoms with Crippen LogP contribution in [-0.2, 0) is 13.5 Å². The smallest absolute Gasteiger partial charge is 0.133 e. The lowest BCUT2D eigenvalue weighted by Gasteiger charge is -2.32. The Kier molecular flexibility index (Phi) is 4.50. The van der Waals surface area contributed by atoms with Gasteiger partial charge >= 0.3 is 0 Å². The van der Waals surface area contributed by atoms with E-state index in [1.165, 1.54) is 25.9 Å². The van der Waals surface area contributed by atoms with E-state index in [1.54, 1.807) is 6.33 Å². The van der Waals surface area contributed by atoms with Gasteiger partial charge in [0.05, 0.1) is 0 Å². The lowest BCUT2D eigenvalue weighted by atomic mass is 10.1. The number of hydrogen-bond donors (Lipinski definition) is 1. The third-order valence-corrected chi connectivity index (χ3v) is 3.46. The van der Waals surface area contributed by atoms with Gasteiger partial charge in [0.1, 0.15) is 12.2 Å². The van der Waals surface area contributed by atoms with Gasteiger partial charge in [0.25, 0.3) is 0 Å². The number of nitrogens with zero attached hydrogens (tertiary/aromatic N) is 4. The molecule has 1 aliphatic heterocycles. The first-order valence-electron chi connectivity index (χ1n) is 6.58. The fraction of sp³-hybridized carbons (Fsp3) is 0.833. The van der Waals surface area contributed by atoms with Crippen LogP contribution in [0.2, 0.25) is 0 Å². The fourth-order valence-corrected chi connectivity index (χ4v) is 2.51. The lowest BCUT2D eigenvalue weighted by Crippen LogP contribution is -2.46. The first kappa shape index (κ1) is 12.5. The van der Waals surface area contributed by atoms with E-state index in [9.17, 15) is 0 Å². The largest absolute Gasteiger partial charge is 0.321 e. The van der Waals surface area contributed by atoms with Crippen molar-refractivity contribution in [2.24, 2.45) is 7.05 Å². The molecule has 0 spiro atoms. The third kappa shape index (κ3) is 3.51. The molecule has 1 aliphatic rings. The molecule has 2 rings (SSSR count). The van der Waals surface area contributed by atoms with Crippen LogP contribution < -0.4 is 5.32 Å². The maximum absolute atomic E-state index is 4.13. The van der Waals surface area contributed by atoms with Crippen molar-refractivity contribution in [3.8, 4) is 0 Å². The summed E-state index contributed by atoms with van der Waals surface area (Å²) in [6.45, 7) is 6.74. The van der Waals surface area contributed by atoms with Crippen LogP contribution in [0.1, 0.15) is 25.6 Å². The molecule has 0 aliphatic carbocycles. The summed E-state index contributed by atoms with van der Waals surface area (Å²) in [6.07, 6.45) is 5.38. The highest BCUT2D eigenvalue weighted by atomic mass is 15.3. The normalized spacial score (nSPS) is 21.9. The van der Waals surface area contributed by atoms with Crippen molar-refractivity contribution in [3.05, 3.63) is 12.2 Å². The quantitative estimate of drug-likeness (QED) is 0.807. The van der Waals surface area contributed by atoms with E-state index in [4.69, 9.17) is 0 Å². The van der Waals surface area contributed by atoms with Crippen LogP contribution in [0, 0.1) is 0 Å². The first-order chi connectivity index (χ1) is 8.29. The topological polar surface area (TPSA) is 46.0 Å². The van der Waals surface area contributed by atoms with Gasteiger partial charge < -0.3 is 14.8 Å². The monoisotopic (exact) mass is 237 g/mol. The molecule has 1 aromatic heterocycles. The van der Waals surface area contributed by atoms with Crippen LogP contribution in [0.25, 0.3) is 0 Å². The van der Waals surface area contributed by atoms with Crippen LogP contribution in [0.5, 0.6) is 0 Å². The lowest BCUT2D eigenvalue weighted by molar-refractivity contribution is 0.192. The molecule has 17 heavy (non-hydrogen) atoms. The van der Waals surface area contributed by atoms with Crippen LogP contribution in [0.4, 0.5) is 0 Å². The molecule has 0 aromatic carbocycles. The standard InChI is InChI=1S/C12H23N5/c1-3-13-11-5-4-7-17(9-11)8-6-12-15-14-10-16(12)2/h10-11,13H,3-9H2,1-2H3. The molecular weight excluding hydrogens is 214 g/mol. The summed E-state index contributed by atoms with van der Waals surface area (Å²) in [6, 6.07) is 0.674. The molecule has 96 valence electrons. The van der Waals surface area contributed by atoms with Crippen LogP contribution in [-0.4, -0.2) is 51.9 Å². The molecule has 1 fully saturated rings. The number of rotatable bonds is 5.